The van der Waals surface area contributed by atoms with E-state index in [0.717, 1.165) is 25.0 Å². The molecule has 1 amide bonds. The summed E-state index contributed by atoms with van der Waals surface area (Å²) in [6.45, 7) is 1.29. The number of hydrogen-bond donors (Lipinski definition) is 1. The van der Waals surface area contributed by atoms with Crippen molar-refractivity contribution in [2.75, 3.05) is 13.2 Å². The first-order valence-electron chi connectivity index (χ1n) is 7.43. The number of aromatic nitrogens is 1. The van der Waals surface area contributed by atoms with Crippen LogP contribution in [-0.4, -0.2) is 30.1 Å². The van der Waals surface area contributed by atoms with Gasteiger partial charge in [-0.1, -0.05) is 12.1 Å². The van der Waals surface area contributed by atoms with Crippen molar-refractivity contribution in [2.45, 2.75) is 18.9 Å². The van der Waals surface area contributed by atoms with Crippen LogP contribution in [0.15, 0.2) is 36.5 Å². The van der Waals surface area contributed by atoms with Gasteiger partial charge in [0.25, 0.3) is 5.91 Å². The Bertz CT molecular complexity index is 698. The zero-order valence-corrected chi connectivity index (χ0v) is 12.4. The number of amides is 1. The summed E-state index contributed by atoms with van der Waals surface area (Å²) in [5.74, 6) is -2.05. The number of carbonyl (C=O) groups is 1. The fraction of sp³-hybridized carbons (Fsp3) is 0.294. The van der Waals surface area contributed by atoms with Crippen LogP contribution in [0.25, 0.3) is 11.1 Å². The van der Waals surface area contributed by atoms with Gasteiger partial charge in [0.15, 0.2) is 11.6 Å². The topological polar surface area (TPSA) is 51.2 Å². The third kappa shape index (κ3) is 3.71. The average Bonchev–Trinajstić information content (AvgIpc) is 2.58. The molecule has 4 nitrogen and oxygen atoms in total. The molecule has 0 atom stereocenters. The lowest BCUT2D eigenvalue weighted by Crippen LogP contribution is -2.39. The second-order valence-electron chi connectivity index (χ2n) is 5.42. The molecule has 2 aromatic rings. The van der Waals surface area contributed by atoms with Crippen LogP contribution in [-0.2, 0) is 4.74 Å². The minimum Gasteiger partial charge on any atom is -0.381 e. The third-order valence-corrected chi connectivity index (χ3v) is 3.81. The molecular weight excluding hydrogens is 302 g/mol. The molecule has 1 aliphatic heterocycles. The Labute approximate surface area is 132 Å². The molecule has 1 N–H and O–H groups in total. The first-order chi connectivity index (χ1) is 11.1. The molecule has 1 aromatic carbocycles. The van der Waals surface area contributed by atoms with Gasteiger partial charge >= 0.3 is 0 Å². The molecule has 0 radical (unpaired) electrons. The fourth-order valence-corrected chi connectivity index (χ4v) is 2.48. The molecule has 1 fully saturated rings. The third-order valence-electron chi connectivity index (χ3n) is 3.81. The Balaban J connectivity index is 1.70. The number of ether oxygens (including phenoxy) is 1. The summed E-state index contributed by atoms with van der Waals surface area (Å²) in [5, 5.41) is 2.92. The highest BCUT2D eigenvalue weighted by Crippen LogP contribution is 2.21. The highest BCUT2D eigenvalue weighted by Gasteiger charge is 2.17. The molecule has 0 bridgehead atoms. The number of nitrogens with one attached hydrogen (secondary N) is 1. The van der Waals surface area contributed by atoms with E-state index in [2.05, 4.69) is 10.3 Å². The van der Waals surface area contributed by atoms with E-state index in [0.29, 0.717) is 30.0 Å². The lowest BCUT2D eigenvalue weighted by Gasteiger charge is -2.22. The Morgan fingerprint density at radius 3 is 2.48 bits per heavy atom. The van der Waals surface area contributed by atoms with Gasteiger partial charge in [0.05, 0.1) is 0 Å². The van der Waals surface area contributed by atoms with Crippen LogP contribution < -0.4 is 5.32 Å². The molecule has 1 saturated heterocycles. The zero-order valence-electron chi connectivity index (χ0n) is 12.4. The van der Waals surface area contributed by atoms with E-state index < -0.39 is 11.6 Å². The number of rotatable bonds is 3. The summed E-state index contributed by atoms with van der Waals surface area (Å²) in [6.07, 6.45) is 3.06. The summed E-state index contributed by atoms with van der Waals surface area (Å²) in [4.78, 5) is 16.2. The molecule has 1 aromatic heterocycles. The summed E-state index contributed by atoms with van der Waals surface area (Å²) >= 11 is 0. The van der Waals surface area contributed by atoms with Crippen molar-refractivity contribution >= 4 is 5.91 Å². The number of carbonyl (C=O) groups excluding carboxylic acids is 1. The van der Waals surface area contributed by atoms with E-state index >= 15 is 0 Å². The van der Waals surface area contributed by atoms with Crippen molar-refractivity contribution in [3.05, 3.63) is 53.9 Å². The van der Waals surface area contributed by atoms with E-state index in [9.17, 15) is 13.6 Å². The van der Waals surface area contributed by atoms with E-state index in [1.807, 2.05) is 0 Å². The van der Waals surface area contributed by atoms with Crippen LogP contribution in [0.1, 0.15) is 23.3 Å². The molecule has 0 aliphatic carbocycles. The molecule has 23 heavy (non-hydrogen) atoms. The number of hydrogen-bond acceptors (Lipinski definition) is 3. The smallest absolute Gasteiger partial charge is 0.270 e. The zero-order chi connectivity index (χ0) is 16.2. The van der Waals surface area contributed by atoms with Crippen molar-refractivity contribution in [2.24, 2.45) is 0 Å². The van der Waals surface area contributed by atoms with Crippen molar-refractivity contribution in [3.63, 3.8) is 0 Å². The highest BCUT2D eigenvalue weighted by atomic mass is 19.2. The van der Waals surface area contributed by atoms with Crippen LogP contribution >= 0.6 is 0 Å². The van der Waals surface area contributed by atoms with Crippen LogP contribution in [0.4, 0.5) is 8.78 Å². The summed E-state index contributed by atoms with van der Waals surface area (Å²) in [7, 11) is 0. The summed E-state index contributed by atoms with van der Waals surface area (Å²) in [6, 6.07) is 6.98. The average molecular weight is 318 g/mol. The first kappa shape index (κ1) is 15.6. The maximum absolute atomic E-state index is 13.3. The number of nitrogens with zero attached hydrogens (tertiary/aromatic N) is 1. The van der Waals surface area contributed by atoms with E-state index in [-0.39, 0.29) is 11.9 Å². The Morgan fingerprint density at radius 2 is 1.83 bits per heavy atom. The highest BCUT2D eigenvalue weighted by molar-refractivity contribution is 5.92. The van der Waals surface area contributed by atoms with E-state index in [1.54, 1.807) is 12.1 Å². The minimum atomic E-state index is -0.913. The Kier molecular flexibility index (Phi) is 4.62. The molecule has 6 heteroatoms. The van der Waals surface area contributed by atoms with Crippen LogP contribution in [0, 0.1) is 11.6 Å². The lowest BCUT2D eigenvalue weighted by atomic mass is 10.1. The van der Waals surface area contributed by atoms with Crippen LogP contribution in [0.2, 0.25) is 0 Å². The molecule has 0 unspecified atom stereocenters. The SMILES string of the molecule is O=C(NC1CCOCC1)c1ccc(-c2ccc(F)c(F)c2)cn1. The van der Waals surface area contributed by atoms with Gasteiger partial charge in [-0.25, -0.2) is 8.78 Å². The fourth-order valence-electron chi connectivity index (χ4n) is 2.48. The molecule has 0 saturated carbocycles. The molecule has 3 rings (SSSR count). The first-order valence-corrected chi connectivity index (χ1v) is 7.43. The number of benzene rings is 1. The molecule has 0 spiro atoms. The predicted molar refractivity (Wildman–Crippen MR) is 80.9 cm³/mol. The van der Waals surface area contributed by atoms with Crippen molar-refractivity contribution in [1.29, 1.82) is 0 Å². The monoisotopic (exact) mass is 318 g/mol. The molecule has 2 heterocycles. The van der Waals surface area contributed by atoms with Gasteiger partial charge in [0.2, 0.25) is 0 Å². The molecule has 1 aliphatic rings. The second-order valence-corrected chi connectivity index (χ2v) is 5.42. The van der Waals surface area contributed by atoms with Crippen LogP contribution in [0.5, 0.6) is 0 Å². The van der Waals surface area contributed by atoms with Crippen molar-refractivity contribution in [1.82, 2.24) is 10.3 Å². The quantitative estimate of drug-likeness (QED) is 0.946. The summed E-state index contributed by atoms with van der Waals surface area (Å²) in [5.41, 5.74) is 1.42. The van der Waals surface area contributed by atoms with Gasteiger partial charge in [-0.3, -0.25) is 9.78 Å². The van der Waals surface area contributed by atoms with Crippen molar-refractivity contribution in [3.8, 4) is 11.1 Å². The normalized spacial score (nSPS) is 15.4. The number of pyridine rings is 1. The maximum atomic E-state index is 13.3. The van der Waals surface area contributed by atoms with E-state index in [4.69, 9.17) is 4.74 Å². The molecular formula is C17H16F2N2O2. The predicted octanol–water partition coefficient (Wildman–Crippen LogP) is 2.94. The van der Waals surface area contributed by atoms with Gasteiger partial charge in [-0.2, -0.15) is 0 Å². The largest absolute Gasteiger partial charge is 0.381 e. The van der Waals surface area contributed by atoms with Gasteiger partial charge in [0, 0.05) is 31.0 Å². The van der Waals surface area contributed by atoms with Crippen LogP contribution in [0.3, 0.4) is 0 Å². The molecule has 120 valence electrons. The maximum Gasteiger partial charge on any atom is 0.270 e. The van der Waals surface area contributed by atoms with Gasteiger partial charge in [-0.15, -0.1) is 0 Å². The van der Waals surface area contributed by atoms with Crippen molar-refractivity contribution < 1.29 is 18.3 Å². The second kappa shape index (κ2) is 6.83. The minimum absolute atomic E-state index is 0.101. The Morgan fingerprint density at radius 1 is 1.09 bits per heavy atom. The van der Waals surface area contributed by atoms with E-state index in [1.165, 1.54) is 12.3 Å². The van der Waals surface area contributed by atoms with Gasteiger partial charge < -0.3 is 10.1 Å². The van der Waals surface area contributed by atoms with Gasteiger partial charge in [-0.05, 0) is 36.6 Å². The summed E-state index contributed by atoms with van der Waals surface area (Å²) < 4.78 is 31.5. The Hall–Kier alpha value is -2.34. The number of halogens is 2. The van der Waals surface area contributed by atoms with Gasteiger partial charge in [0.1, 0.15) is 5.69 Å². The lowest BCUT2D eigenvalue weighted by molar-refractivity contribution is 0.0694. The standard InChI is InChI=1S/C17H16F2N2O2/c18-14-3-1-11(9-15(14)19)12-2-4-16(20-10-12)17(22)21-13-5-7-23-8-6-13/h1-4,9-10,13H,5-8H2,(H,21,22).